The summed E-state index contributed by atoms with van der Waals surface area (Å²) >= 11 is 15.4. The fourth-order valence-corrected chi connectivity index (χ4v) is 2.92. The minimum absolute atomic E-state index is 0.466. The summed E-state index contributed by atoms with van der Waals surface area (Å²) in [5.74, 6) is 0.722. The van der Waals surface area contributed by atoms with Crippen LogP contribution in [-0.2, 0) is 13.2 Å². The molecule has 0 atom stereocenters. The highest BCUT2D eigenvalue weighted by molar-refractivity contribution is 9.10. The van der Waals surface area contributed by atoms with Crippen LogP contribution in [0.1, 0.15) is 16.7 Å². The predicted molar refractivity (Wildman–Crippen MR) is 116 cm³/mol. The third kappa shape index (κ3) is 6.28. The van der Waals surface area contributed by atoms with Crippen molar-refractivity contribution in [3.05, 3.63) is 97.9 Å². The maximum absolute atomic E-state index is 6.12. The second-order valence-corrected chi connectivity index (χ2v) is 7.61. The summed E-state index contributed by atoms with van der Waals surface area (Å²) in [5.41, 5.74) is 6.00. The summed E-state index contributed by atoms with van der Waals surface area (Å²) in [6.45, 7) is 1.07. The topological polar surface area (TPSA) is 33.6 Å². The van der Waals surface area contributed by atoms with Gasteiger partial charge in [0.1, 0.15) is 12.4 Å². The number of hydrogen-bond acceptors (Lipinski definition) is 3. The molecule has 0 saturated heterocycles. The number of nitrogens with zero attached hydrogens (tertiary/aromatic N) is 1. The minimum atomic E-state index is 0.466. The van der Waals surface area contributed by atoms with Gasteiger partial charge in [-0.3, -0.25) is 0 Å². The molecule has 0 radical (unpaired) electrons. The molecule has 3 aromatic carbocycles. The first-order valence-corrected chi connectivity index (χ1v) is 9.82. The Hall–Kier alpha value is -2.01. The SMILES string of the molecule is Clc1ccc(CN/N=C\c2cc(Cl)ccc2OCc2ccc(Br)cc2)cc1. The molecule has 1 N–H and O–H groups in total. The molecule has 0 aromatic heterocycles. The van der Waals surface area contributed by atoms with Crippen LogP contribution in [0.3, 0.4) is 0 Å². The first kappa shape index (κ1) is 19.7. The molecule has 0 aliphatic rings. The average molecular weight is 464 g/mol. The molecule has 3 rings (SSSR count). The Labute approximate surface area is 177 Å². The molecule has 3 aromatic rings. The highest BCUT2D eigenvalue weighted by Gasteiger charge is 2.04. The van der Waals surface area contributed by atoms with E-state index in [4.69, 9.17) is 27.9 Å². The van der Waals surface area contributed by atoms with Crippen molar-refractivity contribution >= 4 is 45.3 Å². The van der Waals surface area contributed by atoms with Crippen LogP contribution in [-0.4, -0.2) is 6.21 Å². The van der Waals surface area contributed by atoms with E-state index in [9.17, 15) is 0 Å². The van der Waals surface area contributed by atoms with Gasteiger partial charge in [0, 0.05) is 20.1 Å². The zero-order valence-corrected chi connectivity index (χ0v) is 17.4. The molecule has 138 valence electrons. The molecule has 3 nitrogen and oxygen atoms in total. The summed E-state index contributed by atoms with van der Waals surface area (Å²) < 4.78 is 6.98. The van der Waals surface area contributed by atoms with Crippen LogP contribution in [0.5, 0.6) is 5.75 Å². The number of ether oxygens (including phenoxy) is 1. The predicted octanol–water partition coefficient (Wildman–Crippen LogP) is 6.46. The average Bonchev–Trinajstić information content (AvgIpc) is 2.67. The lowest BCUT2D eigenvalue weighted by Gasteiger charge is -2.10. The molecule has 0 bridgehead atoms. The molecule has 6 heteroatoms. The Balaban J connectivity index is 1.62. The van der Waals surface area contributed by atoms with E-state index < -0.39 is 0 Å². The third-order valence-corrected chi connectivity index (χ3v) is 4.79. The molecule has 0 spiro atoms. The molecule has 0 saturated carbocycles. The molecule has 27 heavy (non-hydrogen) atoms. The minimum Gasteiger partial charge on any atom is -0.488 e. The van der Waals surface area contributed by atoms with Crippen molar-refractivity contribution in [1.29, 1.82) is 0 Å². The van der Waals surface area contributed by atoms with Crippen LogP contribution in [0.4, 0.5) is 0 Å². The molecule has 0 unspecified atom stereocenters. The van der Waals surface area contributed by atoms with Crippen molar-refractivity contribution in [3.8, 4) is 5.75 Å². The summed E-state index contributed by atoms with van der Waals surface area (Å²) in [5, 5.41) is 5.62. The Morgan fingerprint density at radius 3 is 2.30 bits per heavy atom. The van der Waals surface area contributed by atoms with E-state index in [1.807, 2.05) is 60.7 Å². The van der Waals surface area contributed by atoms with Gasteiger partial charge >= 0.3 is 0 Å². The van der Waals surface area contributed by atoms with Gasteiger partial charge in [0.25, 0.3) is 0 Å². The van der Waals surface area contributed by atoms with Crippen molar-refractivity contribution in [2.24, 2.45) is 5.10 Å². The lowest BCUT2D eigenvalue weighted by Crippen LogP contribution is -2.06. The monoisotopic (exact) mass is 462 g/mol. The summed E-state index contributed by atoms with van der Waals surface area (Å²) in [6.07, 6.45) is 1.71. The molecule has 0 amide bonds. The Morgan fingerprint density at radius 1 is 0.889 bits per heavy atom. The van der Waals surface area contributed by atoms with Crippen molar-refractivity contribution in [1.82, 2.24) is 5.43 Å². The van der Waals surface area contributed by atoms with E-state index in [2.05, 4.69) is 26.5 Å². The molecular formula is C21H17BrCl2N2O. The van der Waals surface area contributed by atoms with Crippen LogP contribution >= 0.6 is 39.1 Å². The summed E-state index contributed by atoms with van der Waals surface area (Å²) in [7, 11) is 0. The van der Waals surface area contributed by atoms with E-state index in [1.54, 1.807) is 12.3 Å². The molecule has 0 fully saturated rings. The normalized spacial score (nSPS) is 10.9. The van der Waals surface area contributed by atoms with E-state index in [0.29, 0.717) is 23.2 Å². The van der Waals surface area contributed by atoms with Crippen LogP contribution in [0.2, 0.25) is 10.0 Å². The Morgan fingerprint density at radius 2 is 1.56 bits per heavy atom. The number of rotatable bonds is 7. The fraction of sp³-hybridized carbons (Fsp3) is 0.0952. The zero-order valence-electron chi connectivity index (χ0n) is 14.3. The van der Waals surface area contributed by atoms with Crippen LogP contribution < -0.4 is 10.2 Å². The molecule has 0 aliphatic carbocycles. The lowest BCUT2D eigenvalue weighted by atomic mass is 10.2. The highest BCUT2D eigenvalue weighted by atomic mass is 79.9. The van der Waals surface area contributed by atoms with Gasteiger partial charge in [0.15, 0.2) is 0 Å². The molecular weight excluding hydrogens is 447 g/mol. The second-order valence-electron chi connectivity index (χ2n) is 5.82. The molecule has 0 aliphatic heterocycles. The fourth-order valence-electron chi connectivity index (χ4n) is 2.35. The van der Waals surface area contributed by atoms with Gasteiger partial charge in [-0.05, 0) is 53.6 Å². The zero-order chi connectivity index (χ0) is 19.1. The summed E-state index contributed by atoms with van der Waals surface area (Å²) in [4.78, 5) is 0. The number of benzene rings is 3. The molecule has 0 heterocycles. The van der Waals surface area contributed by atoms with Gasteiger partial charge in [-0.2, -0.15) is 5.10 Å². The van der Waals surface area contributed by atoms with E-state index in [0.717, 1.165) is 26.9 Å². The van der Waals surface area contributed by atoms with Gasteiger partial charge in [0.05, 0.1) is 12.8 Å². The largest absolute Gasteiger partial charge is 0.488 e. The number of halogens is 3. The smallest absolute Gasteiger partial charge is 0.128 e. The van der Waals surface area contributed by atoms with Crippen LogP contribution in [0.15, 0.2) is 76.3 Å². The second kappa shape index (κ2) is 9.79. The van der Waals surface area contributed by atoms with Gasteiger partial charge in [-0.1, -0.05) is 63.4 Å². The van der Waals surface area contributed by atoms with Crippen molar-refractivity contribution in [2.75, 3.05) is 0 Å². The third-order valence-electron chi connectivity index (χ3n) is 3.77. The first-order valence-electron chi connectivity index (χ1n) is 8.27. The summed E-state index contributed by atoms with van der Waals surface area (Å²) in [6, 6.07) is 21.1. The number of nitrogens with one attached hydrogen (secondary N) is 1. The highest BCUT2D eigenvalue weighted by Crippen LogP contribution is 2.23. The van der Waals surface area contributed by atoms with E-state index in [-0.39, 0.29) is 0 Å². The standard InChI is InChI=1S/C21H17BrCl2N2O/c22-18-5-1-16(2-6-18)14-27-21-10-9-20(24)11-17(21)13-26-25-12-15-3-7-19(23)8-4-15/h1-11,13,25H,12,14H2/b26-13-. The van der Waals surface area contributed by atoms with Crippen LogP contribution in [0.25, 0.3) is 0 Å². The van der Waals surface area contributed by atoms with E-state index in [1.165, 1.54) is 0 Å². The quantitative estimate of drug-likeness (QED) is 0.322. The lowest BCUT2D eigenvalue weighted by molar-refractivity contribution is 0.306. The van der Waals surface area contributed by atoms with Crippen molar-refractivity contribution in [2.45, 2.75) is 13.2 Å². The first-order chi connectivity index (χ1) is 13.1. The Kier molecular flexibility index (Phi) is 7.16. The van der Waals surface area contributed by atoms with Gasteiger partial charge in [-0.25, -0.2) is 0 Å². The van der Waals surface area contributed by atoms with Gasteiger partial charge in [0.2, 0.25) is 0 Å². The van der Waals surface area contributed by atoms with Crippen LogP contribution in [0, 0.1) is 0 Å². The number of hydrogen-bond donors (Lipinski definition) is 1. The van der Waals surface area contributed by atoms with Gasteiger partial charge in [-0.15, -0.1) is 0 Å². The maximum atomic E-state index is 6.12. The maximum Gasteiger partial charge on any atom is 0.128 e. The Bertz CT molecular complexity index is 912. The number of hydrazone groups is 1. The van der Waals surface area contributed by atoms with Crippen molar-refractivity contribution < 1.29 is 4.74 Å². The van der Waals surface area contributed by atoms with E-state index >= 15 is 0 Å². The van der Waals surface area contributed by atoms with Gasteiger partial charge < -0.3 is 10.2 Å². The van der Waals surface area contributed by atoms with Crippen molar-refractivity contribution in [3.63, 3.8) is 0 Å².